The van der Waals surface area contributed by atoms with E-state index in [0.29, 0.717) is 49.3 Å². The van der Waals surface area contributed by atoms with Gasteiger partial charge >= 0.3 is 0 Å². The Hall–Kier alpha value is -3.67. The Bertz CT molecular complexity index is 1370. The van der Waals surface area contributed by atoms with Crippen molar-refractivity contribution < 1.29 is 23.7 Å². The Balaban J connectivity index is 1.53. The summed E-state index contributed by atoms with van der Waals surface area (Å²) in [6, 6.07) is 16.1. The molecule has 9 heteroatoms. The quantitative estimate of drug-likeness (QED) is 0.273. The Labute approximate surface area is 215 Å². The number of halogens is 2. The van der Waals surface area contributed by atoms with Crippen molar-refractivity contribution in [3.8, 4) is 29.1 Å². The predicted molar refractivity (Wildman–Crippen MR) is 136 cm³/mol. The maximum absolute atomic E-state index is 12.7. The molecule has 0 atom stereocenters. The monoisotopic (exact) mass is 554 g/mol. The van der Waals surface area contributed by atoms with Crippen LogP contribution in [0.3, 0.4) is 0 Å². The van der Waals surface area contributed by atoms with E-state index in [0.717, 1.165) is 5.56 Å². The average molecular weight is 556 g/mol. The third-order valence-corrected chi connectivity index (χ3v) is 6.26. The lowest BCUT2D eigenvalue weighted by atomic mass is 10.1. The Morgan fingerprint density at radius 3 is 2.80 bits per heavy atom. The Morgan fingerprint density at radius 2 is 2.03 bits per heavy atom. The molecule has 1 aliphatic heterocycles. The summed E-state index contributed by atoms with van der Waals surface area (Å²) < 4.78 is 22.8. The SMILES string of the molecule is COc1cc(/C=C(\C#N)C(=O)Nc2cccc(Cl)c2C)cc(Br)c1OCc1ccc2c(c1)OCO2. The van der Waals surface area contributed by atoms with Crippen molar-refractivity contribution >= 4 is 45.2 Å². The molecule has 0 spiro atoms. The van der Waals surface area contributed by atoms with E-state index in [9.17, 15) is 10.1 Å². The van der Waals surface area contributed by atoms with Crippen LogP contribution in [0.25, 0.3) is 6.08 Å². The van der Waals surface area contributed by atoms with Gasteiger partial charge in [0.25, 0.3) is 5.91 Å². The number of nitrogens with zero attached hydrogens (tertiary/aromatic N) is 1. The van der Waals surface area contributed by atoms with Crippen LogP contribution >= 0.6 is 27.5 Å². The van der Waals surface area contributed by atoms with Crippen LogP contribution < -0.4 is 24.3 Å². The lowest BCUT2D eigenvalue weighted by Crippen LogP contribution is -2.14. The molecular weight excluding hydrogens is 536 g/mol. The van der Waals surface area contributed by atoms with Crippen LogP contribution in [0.4, 0.5) is 5.69 Å². The highest BCUT2D eigenvalue weighted by Gasteiger charge is 2.17. The lowest BCUT2D eigenvalue weighted by Gasteiger charge is -2.14. The smallest absolute Gasteiger partial charge is 0.266 e. The number of hydrogen-bond donors (Lipinski definition) is 1. The van der Waals surface area contributed by atoms with Gasteiger partial charge in [-0.15, -0.1) is 0 Å². The summed E-state index contributed by atoms with van der Waals surface area (Å²) >= 11 is 9.63. The van der Waals surface area contributed by atoms with Crippen molar-refractivity contribution in [2.75, 3.05) is 19.2 Å². The first-order valence-electron chi connectivity index (χ1n) is 10.5. The van der Waals surface area contributed by atoms with Crippen molar-refractivity contribution in [2.24, 2.45) is 0 Å². The minimum atomic E-state index is -0.545. The number of nitrogens with one attached hydrogen (secondary N) is 1. The van der Waals surface area contributed by atoms with Crippen molar-refractivity contribution in [2.45, 2.75) is 13.5 Å². The van der Waals surface area contributed by atoms with Gasteiger partial charge in [-0.25, -0.2) is 0 Å². The number of rotatable bonds is 7. The molecule has 7 nitrogen and oxygen atoms in total. The van der Waals surface area contributed by atoms with Crippen LogP contribution in [-0.4, -0.2) is 19.8 Å². The summed E-state index contributed by atoms with van der Waals surface area (Å²) in [4.78, 5) is 12.7. The van der Waals surface area contributed by atoms with E-state index in [2.05, 4.69) is 21.2 Å². The Morgan fingerprint density at radius 1 is 1.23 bits per heavy atom. The highest BCUT2D eigenvalue weighted by Crippen LogP contribution is 2.39. The maximum atomic E-state index is 12.7. The van der Waals surface area contributed by atoms with E-state index >= 15 is 0 Å². The fourth-order valence-corrected chi connectivity index (χ4v) is 4.15. The summed E-state index contributed by atoms with van der Waals surface area (Å²) in [5.74, 6) is 1.75. The average Bonchev–Trinajstić information content (AvgIpc) is 3.32. The van der Waals surface area contributed by atoms with Gasteiger partial charge in [-0.2, -0.15) is 5.26 Å². The van der Waals surface area contributed by atoms with Gasteiger partial charge in [0.15, 0.2) is 23.0 Å². The fourth-order valence-electron chi connectivity index (χ4n) is 3.40. The first kappa shape index (κ1) is 24.5. The molecule has 3 aromatic carbocycles. The van der Waals surface area contributed by atoms with Gasteiger partial charge in [-0.05, 0) is 82.0 Å². The molecular formula is C26H20BrClN2O5. The number of amides is 1. The number of ether oxygens (including phenoxy) is 4. The molecule has 1 N–H and O–H groups in total. The van der Waals surface area contributed by atoms with Gasteiger partial charge in [0.2, 0.25) is 6.79 Å². The molecule has 35 heavy (non-hydrogen) atoms. The highest BCUT2D eigenvalue weighted by atomic mass is 79.9. The molecule has 0 radical (unpaired) electrons. The van der Waals surface area contributed by atoms with Crippen LogP contribution in [0.15, 0.2) is 58.6 Å². The van der Waals surface area contributed by atoms with E-state index < -0.39 is 5.91 Å². The normalized spacial score (nSPS) is 12.1. The van der Waals surface area contributed by atoms with Crippen LogP contribution in [-0.2, 0) is 11.4 Å². The number of anilines is 1. The first-order chi connectivity index (χ1) is 16.9. The van der Waals surface area contributed by atoms with Gasteiger partial charge in [0.1, 0.15) is 18.2 Å². The maximum Gasteiger partial charge on any atom is 0.266 e. The lowest BCUT2D eigenvalue weighted by molar-refractivity contribution is -0.112. The van der Waals surface area contributed by atoms with Crippen LogP contribution in [0.5, 0.6) is 23.0 Å². The summed E-state index contributed by atoms with van der Waals surface area (Å²) in [5, 5.41) is 12.9. The summed E-state index contributed by atoms with van der Waals surface area (Å²) in [6.45, 7) is 2.26. The third kappa shape index (κ3) is 5.53. The van der Waals surface area contributed by atoms with E-state index in [1.807, 2.05) is 24.3 Å². The second-order valence-electron chi connectivity index (χ2n) is 7.55. The van der Waals surface area contributed by atoms with E-state index in [4.69, 9.17) is 30.5 Å². The molecule has 178 valence electrons. The highest BCUT2D eigenvalue weighted by molar-refractivity contribution is 9.10. The van der Waals surface area contributed by atoms with E-state index in [1.54, 1.807) is 37.3 Å². The molecule has 0 saturated heterocycles. The molecule has 4 rings (SSSR count). The zero-order valence-corrected chi connectivity index (χ0v) is 21.2. The number of methoxy groups -OCH3 is 1. The van der Waals surface area contributed by atoms with Gasteiger partial charge < -0.3 is 24.3 Å². The number of fused-ring (bicyclic) bond motifs is 1. The predicted octanol–water partition coefficient (Wildman–Crippen LogP) is 6.27. The summed E-state index contributed by atoms with van der Waals surface area (Å²) in [6.07, 6.45) is 1.48. The van der Waals surface area contributed by atoms with Crippen LogP contribution in [0, 0.1) is 18.3 Å². The van der Waals surface area contributed by atoms with Gasteiger partial charge in [-0.3, -0.25) is 4.79 Å². The van der Waals surface area contributed by atoms with E-state index in [-0.39, 0.29) is 19.0 Å². The van der Waals surface area contributed by atoms with Gasteiger partial charge in [0.05, 0.1) is 11.6 Å². The minimum Gasteiger partial charge on any atom is -0.493 e. The van der Waals surface area contributed by atoms with Crippen molar-refractivity contribution in [1.82, 2.24) is 0 Å². The van der Waals surface area contributed by atoms with Crippen LogP contribution in [0.1, 0.15) is 16.7 Å². The van der Waals surface area contributed by atoms with Crippen molar-refractivity contribution in [1.29, 1.82) is 5.26 Å². The van der Waals surface area contributed by atoms with E-state index in [1.165, 1.54) is 13.2 Å². The zero-order valence-electron chi connectivity index (χ0n) is 18.9. The molecule has 0 aliphatic carbocycles. The topological polar surface area (TPSA) is 89.8 Å². The molecule has 1 amide bonds. The second-order valence-corrected chi connectivity index (χ2v) is 8.81. The summed E-state index contributed by atoms with van der Waals surface area (Å²) in [5.41, 5.74) is 2.65. The largest absolute Gasteiger partial charge is 0.493 e. The zero-order chi connectivity index (χ0) is 24.9. The van der Waals surface area contributed by atoms with Crippen molar-refractivity contribution in [3.63, 3.8) is 0 Å². The fraction of sp³-hybridized carbons (Fsp3) is 0.154. The molecule has 0 saturated carbocycles. The third-order valence-electron chi connectivity index (χ3n) is 5.26. The standard InChI is InChI=1S/C26H20BrClN2O5/c1-15-20(28)4-3-5-21(15)30-26(31)18(12-29)8-17-9-19(27)25(24(11-17)32-2)33-13-16-6-7-22-23(10-16)35-14-34-22/h3-11H,13-14H2,1-2H3,(H,30,31)/b18-8+. The number of carbonyl (C=O) groups is 1. The Kier molecular flexibility index (Phi) is 7.49. The number of hydrogen-bond acceptors (Lipinski definition) is 6. The summed E-state index contributed by atoms with van der Waals surface area (Å²) in [7, 11) is 1.52. The number of nitriles is 1. The second kappa shape index (κ2) is 10.7. The number of carbonyl (C=O) groups excluding carboxylic acids is 1. The molecule has 1 aliphatic rings. The molecule has 0 aromatic heterocycles. The first-order valence-corrected chi connectivity index (χ1v) is 11.6. The molecule has 3 aromatic rings. The van der Waals surface area contributed by atoms with Gasteiger partial charge in [0, 0.05) is 10.7 Å². The molecule has 0 fully saturated rings. The molecule has 1 heterocycles. The van der Waals surface area contributed by atoms with Crippen molar-refractivity contribution in [3.05, 3.63) is 80.3 Å². The molecule has 0 unspecified atom stereocenters. The van der Waals surface area contributed by atoms with Gasteiger partial charge in [-0.1, -0.05) is 23.7 Å². The number of benzene rings is 3. The molecule has 0 bridgehead atoms. The minimum absolute atomic E-state index is 0.0765. The van der Waals surface area contributed by atoms with Crippen LogP contribution in [0.2, 0.25) is 5.02 Å².